The summed E-state index contributed by atoms with van der Waals surface area (Å²) < 4.78 is 5.11. The summed E-state index contributed by atoms with van der Waals surface area (Å²) in [6.07, 6.45) is 2.48. The number of rotatable bonds is 4. The normalized spacial score (nSPS) is 28.1. The number of nitro benzene ring substituents is 1. The molecule has 3 saturated heterocycles. The molecule has 0 spiro atoms. The maximum atomic E-state index is 10.9. The Hall–Kier alpha value is -1.82. The summed E-state index contributed by atoms with van der Waals surface area (Å²) in [6.45, 7) is 3.46. The zero-order valence-electron chi connectivity index (χ0n) is 11.5. The number of methoxy groups -OCH3 is 1. The topological polar surface area (TPSA) is 67.6 Å². The van der Waals surface area contributed by atoms with E-state index >= 15 is 0 Å². The largest absolute Gasteiger partial charge is 0.490 e. The number of benzene rings is 1. The SMILES string of the molecule is COc1cc(NC2CN3CCC2CC3)ccc1[N+](=O)[O-]. The smallest absolute Gasteiger partial charge is 0.311 e. The maximum absolute atomic E-state index is 10.9. The number of piperidine rings is 3. The Kier molecular flexibility index (Phi) is 3.48. The Labute approximate surface area is 117 Å². The predicted molar refractivity (Wildman–Crippen MR) is 76.2 cm³/mol. The Morgan fingerprint density at radius 3 is 2.70 bits per heavy atom. The van der Waals surface area contributed by atoms with E-state index in [-0.39, 0.29) is 5.69 Å². The lowest BCUT2D eigenvalue weighted by Gasteiger charge is -2.45. The molecule has 0 aliphatic carbocycles. The minimum absolute atomic E-state index is 0.00645. The third-order valence-corrected chi connectivity index (χ3v) is 4.38. The number of hydrogen-bond donors (Lipinski definition) is 1. The van der Waals surface area contributed by atoms with Gasteiger partial charge in [-0.15, -0.1) is 0 Å². The number of ether oxygens (including phenoxy) is 1. The van der Waals surface area contributed by atoms with Gasteiger partial charge in [-0.25, -0.2) is 0 Å². The highest BCUT2D eigenvalue weighted by Gasteiger charge is 2.34. The highest BCUT2D eigenvalue weighted by molar-refractivity contribution is 5.58. The highest BCUT2D eigenvalue weighted by Crippen LogP contribution is 2.33. The van der Waals surface area contributed by atoms with Gasteiger partial charge in [-0.05, 0) is 37.9 Å². The average Bonchev–Trinajstić information content (AvgIpc) is 2.48. The molecule has 3 aliphatic rings. The fourth-order valence-corrected chi connectivity index (χ4v) is 3.26. The van der Waals surface area contributed by atoms with Crippen LogP contribution in [0.5, 0.6) is 5.75 Å². The van der Waals surface area contributed by atoms with Crippen molar-refractivity contribution >= 4 is 11.4 Å². The predicted octanol–water partition coefficient (Wildman–Crippen LogP) is 2.11. The summed E-state index contributed by atoms with van der Waals surface area (Å²) in [4.78, 5) is 12.9. The maximum Gasteiger partial charge on any atom is 0.311 e. The van der Waals surface area contributed by atoms with Crippen molar-refractivity contribution in [2.45, 2.75) is 18.9 Å². The quantitative estimate of drug-likeness (QED) is 0.674. The number of fused-ring (bicyclic) bond motifs is 3. The number of nitrogens with zero attached hydrogens (tertiary/aromatic N) is 2. The lowest BCUT2D eigenvalue weighted by molar-refractivity contribution is -0.385. The molecule has 1 N–H and O–H groups in total. The lowest BCUT2D eigenvalue weighted by Crippen LogP contribution is -2.53. The van der Waals surface area contributed by atoms with Crippen molar-refractivity contribution in [3.63, 3.8) is 0 Å². The zero-order chi connectivity index (χ0) is 14.1. The van der Waals surface area contributed by atoms with Crippen LogP contribution in [0, 0.1) is 16.0 Å². The second kappa shape index (κ2) is 5.28. The molecule has 4 rings (SSSR count). The zero-order valence-corrected chi connectivity index (χ0v) is 11.5. The molecule has 3 fully saturated rings. The number of nitro groups is 1. The molecule has 6 nitrogen and oxygen atoms in total. The standard InChI is InChI=1S/C14H19N3O3/c1-20-14-8-11(2-3-13(14)17(18)19)15-12-9-16-6-4-10(12)5-7-16/h2-3,8,10,12,15H,4-7,9H2,1H3. The van der Waals surface area contributed by atoms with Crippen molar-refractivity contribution in [1.82, 2.24) is 4.90 Å². The van der Waals surface area contributed by atoms with E-state index < -0.39 is 4.92 Å². The second-order valence-corrected chi connectivity index (χ2v) is 5.53. The van der Waals surface area contributed by atoms with Crippen molar-refractivity contribution in [1.29, 1.82) is 0 Å². The van der Waals surface area contributed by atoms with Gasteiger partial charge in [0.1, 0.15) is 0 Å². The first-order valence-corrected chi connectivity index (χ1v) is 6.98. The van der Waals surface area contributed by atoms with E-state index in [0.717, 1.165) is 12.2 Å². The summed E-state index contributed by atoms with van der Waals surface area (Å²) in [5, 5.41) is 14.4. The van der Waals surface area contributed by atoms with Crippen LogP contribution in [0.4, 0.5) is 11.4 Å². The van der Waals surface area contributed by atoms with E-state index in [2.05, 4.69) is 10.2 Å². The Morgan fingerprint density at radius 1 is 1.40 bits per heavy atom. The van der Waals surface area contributed by atoms with Gasteiger partial charge < -0.3 is 15.0 Å². The van der Waals surface area contributed by atoms with E-state index in [1.54, 1.807) is 12.1 Å². The first-order valence-electron chi connectivity index (χ1n) is 6.98. The van der Waals surface area contributed by atoms with Crippen molar-refractivity contribution in [3.8, 4) is 5.75 Å². The summed E-state index contributed by atoms with van der Waals surface area (Å²) in [6, 6.07) is 5.42. The van der Waals surface area contributed by atoms with Gasteiger partial charge in [-0.2, -0.15) is 0 Å². The first-order chi connectivity index (χ1) is 9.67. The monoisotopic (exact) mass is 277 g/mol. The molecule has 0 amide bonds. The minimum atomic E-state index is -0.420. The van der Waals surface area contributed by atoms with Gasteiger partial charge in [0.05, 0.1) is 12.0 Å². The Morgan fingerprint density at radius 2 is 2.15 bits per heavy atom. The summed E-state index contributed by atoms with van der Waals surface area (Å²) in [5.74, 6) is 1.02. The van der Waals surface area contributed by atoms with Crippen molar-refractivity contribution in [2.24, 2.45) is 5.92 Å². The van der Waals surface area contributed by atoms with Gasteiger partial charge in [-0.3, -0.25) is 10.1 Å². The number of nitrogens with one attached hydrogen (secondary N) is 1. The molecule has 6 heteroatoms. The van der Waals surface area contributed by atoms with Crippen LogP contribution in [0.15, 0.2) is 18.2 Å². The van der Waals surface area contributed by atoms with Gasteiger partial charge in [0.2, 0.25) is 0 Å². The fraction of sp³-hybridized carbons (Fsp3) is 0.571. The molecule has 20 heavy (non-hydrogen) atoms. The second-order valence-electron chi connectivity index (χ2n) is 5.53. The molecule has 108 valence electrons. The molecule has 1 aromatic rings. The van der Waals surface area contributed by atoms with E-state index in [4.69, 9.17) is 4.74 Å². The average molecular weight is 277 g/mol. The summed E-state index contributed by atoms with van der Waals surface area (Å²) in [7, 11) is 1.46. The molecule has 1 aromatic carbocycles. The van der Waals surface area contributed by atoms with Crippen LogP contribution in [-0.4, -0.2) is 42.6 Å². The molecule has 1 atom stereocenters. The third-order valence-electron chi connectivity index (χ3n) is 4.38. The van der Waals surface area contributed by atoms with Crippen LogP contribution in [0.2, 0.25) is 0 Å². The summed E-state index contributed by atoms with van der Waals surface area (Å²) >= 11 is 0. The third kappa shape index (κ3) is 2.43. The molecular weight excluding hydrogens is 258 g/mol. The molecule has 0 saturated carbocycles. The van der Waals surface area contributed by atoms with Crippen LogP contribution in [0.1, 0.15) is 12.8 Å². The highest BCUT2D eigenvalue weighted by atomic mass is 16.6. The van der Waals surface area contributed by atoms with Gasteiger partial charge in [0, 0.05) is 30.4 Å². The lowest BCUT2D eigenvalue weighted by atomic mass is 9.84. The van der Waals surface area contributed by atoms with Crippen molar-refractivity contribution < 1.29 is 9.66 Å². The van der Waals surface area contributed by atoms with Crippen LogP contribution in [0.3, 0.4) is 0 Å². The van der Waals surface area contributed by atoms with E-state index in [9.17, 15) is 10.1 Å². The Bertz CT molecular complexity index is 512. The van der Waals surface area contributed by atoms with Crippen molar-refractivity contribution in [3.05, 3.63) is 28.3 Å². The van der Waals surface area contributed by atoms with Gasteiger partial charge >= 0.3 is 5.69 Å². The van der Waals surface area contributed by atoms with Crippen LogP contribution in [0.25, 0.3) is 0 Å². The molecule has 1 unspecified atom stereocenters. The Balaban J connectivity index is 1.76. The number of anilines is 1. The van der Waals surface area contributed by atoms with E-state index in [1.165, 1.54) is 39.1 Å². The molecule has 2 bridgehead atoms. The summed E-state index contributed by atoms with van der Waals surface area (Å²) in [5.41, 5.74) is 0.901. The van der Waals surface area contributed by atoms with Gasteiger partial charge in [-0.1, -0.05) is 0 Å². The fourth-order valence-electron chi connectivity index (χ4n) is 3.26. The molecule has 3 aliphatic heterocycles. The minimum Gasteiger partial charge on any atom is -0.490 e. The molecule has 0 aromatic heterocycles. The molecule has 0 radical (unpaired) electrons. The van der Waals surface area contributed by atoms with Gasteiger partial charge in [0.25, 0.3) is 0 Å². The van der Waals surface area contributed by atoms with E-state index in [0.29, 0.717) is 17.7 Å². The van der Waals surface area contributed by atoms with Crippen LogP contribution in [-0.2, 0) is 0 Å². The van der Waals surface area contributed by atoms with E-state index in [1.807, 2.05) is 0 Å². The first kappa shape index (κ1) is 13.2. The van der Waals surface area contributed by atoms with Crippen molar-refractivity contribution in [2.75, 3.05) is 32.1 Å². The molecular formula is C14H19N3O3. The molecule has 3 heterocycles. The van der Waals surface area contributed by atoms with Gasteiger partial charge in [0.15, 0.2) is 5.75 Å². The van der Waals surface area contributed by atoms with Crippen LogP contribution < -0.4 is 10.1 Å². The number of hydrogen-bond acceptors (Lipinski definition) is 5. The van der Waals surface area contributed by atoms with Crippen LogP contribution >= 0.6 is 0 Å².